The summed E-state index contributed by atoms with van der Waals surface area (Å²) in [6.07, 6.45) is -2.74. The number of non-ortho nitro benzene ring substituents is 1. The van der Waals surface area contributed by atoms with Crippen LogP contribution in [0.1, 0.15) is 17.4 Å². The molecule has 1 aromatic carbocycles. The Labute approximate surface area is 191 Å². The van der Waals surface area contributed by atoms with E-state index in [1.54, 1.807) is 6.07 Å². The first kappa shape index (κ1) is 24.1. The number of ether oxygens (including phenoxy) is 1. The van der Waals surface area contributed by atoms with Crippen LogP contribution in [0.15, 0.2) is 30.9 Å². The molecule has 0 radical (unpaired) electrons. The number of rotatable bonds is 8. The molecular weight excluding hydrogens is 475 g/mol. The lowest BCUT2D eigenvalue weighted by Gasteiger charge is -2.16. The number of imidazole rings is 1. The van der Waals surface area contributed by atoms with E-state index in [1.165, 1.54) is 29.4 Å². The second kappa shape index (κ2) is 9.31. The molecule has 16 heteroatoms. The molecule has 0 saturated carbocycles. The highest BCUT2D eigenvalue weighted by Crippen LogP contribution is 2.39. The number of hydrogen-bond acceptors (Lipinski definition) is 11. The monoisotopic (exact) mass is 496 g/mol. The van der Waals surface area contributed by atoms with Gasteiger partial charge in [-0.3, -0.25) is 19.2 Å². The van der Waals surface area contributed by atoms with Crippen LogP contribution in [0.2, 0.25) is 0 Å². The molecule has 182 valence electrons. The number of fused-ring (bicyclic) bond motifs is 1. The highest BCUT2D eigenvalue weighted by Gasteiger charge is 2.45. The fourth-order valence-corrected chi connectivity index (χ4v) is 3.92. The molecule has 0 bridgehead atoms. The van der Waals surface area contributed by atoms with Gasteiger partial charge in [-0.05, 0) is 18.1 Å². The Kier molecular flexibility index (Phi) is 6.60. The van der Waals surface area contributed by atoms with E-state index in [0.717, 1.165) is 5.56 Å². The van der Waals surface area contributed by atoms with E-state index in [-0.39, 0.29) is 17.9 Å². The molecule has 0 unspecified atom stereocenters. The average Bonchev–Trinajstić information content (AvgIpc) is 3.32. The molecule has 1 fully saturated rings. The van der Waals surface area contributed by atoms with Gasteiger partial charge >= 0.3 is 7.82 Å². The number of nitro benzene ring substituents is 1. The lowest BCUT2D eigenvalue weighted by molar-refractivity contribution is -0.384. The third kappa shape index (κ3) is 4.90. The van der Waals surface area contributed by atoms with Crippen LogP contribution in [-0.4, -0.2) is 69.4 Å². The smallest absolute Gasteiger partial charge is 0.387 e. The van der Waals surface area contributed by atoms with E-state index in [1.807, 2.05) is 6.92 Å². The molecule has 1 saturated heterocycles. The van der Waals surface area contributed by atoms with E-state index >= 15 is 0 Å². The number of aryl methyl sites for hydroxylation is 1. The highest BCUT2D eigenvalue weighted by molar-refractivity contribution is 7.46. The maximum Gasteiger partial charge on any atom is 0.469 e. The van der Waals surface area contributed by atoms with E-state index in [9.17, 15) is 24.9 Å². The maximum absolute atomic E-state index is 11.1. The first-order chi connectivity index (χ1) is 16.0. The van der Waals surface area contributed by atoms with Crippen LogP contribution in [0.25, 0.3) is 11.2 Å². The van der Waals surface area contributed by atoms with Crippen molar-refractivity contribution in [1.29, 1.82) is 0 Å². The van der Waals surface area contributed by atoms with Crippen molar-refractivity contribution in [3.8, 4) is 0 Å². The molecule has 0 amide bonds. The molecule has 3 aromatic rings. The van der Waals surface area contributed by atoms with Gasteiger partial charge in [0.1, 0.15) is 24.6 Å². The van der Waals surface area contributed by atoms with Crippen molar-refractivity contribution < 1.29 is 38.7 Å². The number of nitro groups is 1. The van der Waals surface area contributed by atoms with E-state index < -0.39 is 43.9 Å². The summed E-state index contributed by atoms with van der Waals surface area (Å²) in [6, 6.07) is 4.53. The lowest BCUT2D eigenvalue weighted by atomic mass is 10.1. The van der Waals surface area contributed by atoms with Crippen LogP contribution in [0.5, 0.6) is 0 Å². The number of hydrogen-bond donors (Lipinski definition) is 5. The van der Waals surface area contributed by atoms with Crippen molar-refractivity contribution in [1.82, 2.24) is 19.5 Å². The van der Waals surface area contributed by atoms with Crippen LogP contribution < -0.4 is 5.32 Å². The molecule has 1 aliphatic rings. The Hall–Kier alpha value is -3.04. The Bertz CT molecular complexity index is 1260. The quantitative estimate of drug-likeness (QED) is 0.162. The second-order valence-electron chi connectivity index (χ2n) is 7.60. The summed E-state index contributed by atoms with van der Waals surface area (Å²) in [4.78, 5) is 40.9. The molecule has 0 aliphatic carbocycles. The van der Waals surface area contributed by atoms with Gasteiger partial charge in [-0.1, -0.05) is 6.07 Å². The number of anilines is 1. The predicted molar refractivity (Wildman–Crippen MR) is 114 cm³/mol. The van der Waals surface area contributed by atoms with Crippen molar-refractivity contribution in [2.24, 2.45) is 0 Å². The van der Waals surface area contributed by atoms with E-state index in [0.29, 0.717) is 16.9 Å². The molecule has 4 atom stereocenters. The van der Waals surface area contributed by atoms with Crippen molar-refractivity contribution in [2.75, 3.05) is 11.9 Å². The SMILES string of the molecule is Cc1ccc([N+](=O)[O-])cc1CNc1ncnc2c1ncn2[C@@H]1O[C@H](COP(=O)(O)O)[C@@H](O)[C@H]1O. The summed E-state index contributed by atoms with van der Waals surface area (Å²) in [5.41, 5.74) is 2.05. The summed E-state index contributed by atoms with van der Waals surface area (Å²) in [7, 11) is -4.79. The minimum atomic E-state index is -4.79. The topological polar surface area (TPSA) is 215 Å². The van der Waals surface area contributed by atoms with Crippen LogP contribution in [0.4, 0.5) is 11.5 Å². The Morgan fingerprint density at radius 1 is 1.26 bits per heavy atom. The van der Waals surface area contributed by atoms with Gasteiger partial charge in [0.25, 0.3) is 5.69 Å². The van der Waals surface area contributed by atoms with Crippen LogP contribution in [0, 0.1) is 17.0 Å². The lowest BCUT2D eigenvalue weighted by Crippen LogP contribution is -2.33. The van der Waals surface area contributed by atoms with Gasteiger partial charge in [0, 0.05) is 18.7 Å². The largest absolute Gasteiger partial charge is 0.469 e. The summed E-state index contributed by atoms with van der Waals surface area (Å²) in [5, 5.41) is 34.8. The number of aliphatic hydroxyl groups excluding tert-OH is 2. The fourth-order valence-electron chi connectivity index (χ4n) is 3.58. The number of phosphoric ester groups is 1. The zero-order chi connectivity index (χ0) is 24.6. The van der Waals surface area contributed by atoms with Gasteiger partial charge in [-0.25, -0.2) is 19.5 Å². The Morgan fingerprint density at radius 2 is 2.03 bits per heavy atom. The van der Waals surface area contributed by atoms with Gasteiger partial charge in [-0.2, -0.15) is 0 Å². The van der Waals surface area contributed by atoms with Crippen molar-refractivity contribution >= 4 is 30.5 Å². The van der Waals surface area contributed by atoms with Gasteiger partial charge in [0.15, 0.2) is 23.2 Å². The summed E-state index contributed by atoms with van der Waals surface area (Å²) >= 11 is 0. The molecule has 0 spiro atoms. The first-order valence-electron chi connectivity index (χ1n) is 9.92. The zero-order valence-corrected chi connectivity index (χ0v) is 18.5. The molecule has 15 nitrogen and oxygen atoms in total. The number of nitrogens with zero attached hydrogens (tertiary/aromatic N) is 5. The molecule has 5 N–H and O–H groups in total. The summed E-state index contributed by atoms with van der Waals surface area (Å²) < 4.78 is 22.2. The molecule has 1 aliphatic heterocycles. The van der Waals surface area contributed by atoms with Gasteiger partial charge in [0.2, 0.25) is 0 Å². The Morgan fingerprint density at radius 3 is 2.74 bits per heavy atom. The predicted octanol–water partition coefficient (Wildman–Crippen LogP) is 0.384. The maximum atomic E-state index is 11.1. The number of aromatic nitrogens is 4. The summed E-state index contributed by atoms with van der Waals surface area (Å²) in [6.45, 7) is 1.40. The number of aliphatic hydroxyl groups is 2. The molecule has 4 rings (SSSR count). The third-order valence-electron chi connectivity index (χ3n) is 5.37. The van der Waals surface area contributed by atoms with Crippen molar-refractivity contribution in [3.63, 3.8) is 0 Å². The van der Waals surface area contributed by atoms with Crippen LogP contribution >= 0.6 is 7.82 Å². The number of benzene rings is 1. The fraction of sp³-hybridized carbons (Fsp3) is 0.389. The molecule has 2 aromatic heterocycles. The van der Waals surface area contributed by atoms with Crippen molar-refractivity contribution in [2.45, 2.75) is 38.0 Å². The normalized spacial score (nSPS) is 22.9. The van der Waals surface area contributed by atoms with Crippen LogP contribution in [-0.2, 0) is 20.4 Å². The Balaban J connectivity index is 1.55. The summed E-state index contributed by atoms with van der Waals surface area (Å²) in [5.74, 6) is 0.323. The number of phosphoric acid groups is 1. The first-order valence-corrected chi connectivity index (χ1v) is 11.4. The van der Waals surface area contributed by atoms with Crippen molar-refractivity contribution in [3.05, 3.63) is 52.1 Å². The standard InChI is InChI=1S/C18H21N6O9P/c1-9-2-3-11(24(27)28)4-10(9)5-19-16-13-17(21-7-20-16)23(8-22-13)18-15(26)14(25)12(33-18)6-32-34(29,30)31/h2-4,7-8,12,14-15,18,25-26H,5-6H2,1H3,(H,19,20,21)(H2,29,30,31)/t12-,14-,15-,18-/m1/s1. The molecular formula is C18H21N6O9P. The van der Waals surface area contributed by atoms with Crippen LogP contribution in [0.3, 0.4) is 0 Å². The minimum Gasteiger partial charge on any atom is -0.387 e. The molecule has 3 heterocycles. The molecule has 34 heavy (non-hydrogen) atoms. The third-order valence-corrected chi connectivity index (χ3v) is 5.85. The minimum absolute atomic E-state index is 0.0391. The number of nitrogens with one attached hydrogen (secondary N) is 1. The van der Waals surface area contributed by atoms with E-state index in [2.05, 4.69) is 24.8 Å². The van der Waals surface area contributed by atoms with Gasteiger partial charge in [0.05, 0.1) is 17.9 Å². The highest BCUT2D eigenvalue weighted by atomic mass is 31.2. The van der Waals surface area contributed by atoms with E-state index in [4.69, 9.17) is 14.5 Å². The average molecular weight is 496 g/mol. The van der Waals surface area contributed by atoms with Gasteiger partial charge in [-0.15, -0.1) is 0 Å². The zero-order valence-electron chi connectivity index (χ0n) is 17.6. The van der Waals surface area contributed by atoms with Gasteiger partial charge < -0.3 is 30.1 Å². The second-order valence-corrected chi connectivity index (χ2v) is 8.84.